The monoisotopic (exact) mass is 472 g/mol. The molecular weight excluding hydrogens is 440 g/mol. The van der Waals surface area contributed by atoms with Crippen LogP contribution in [-0.4, -0.2) is 43.6 Å². The van der Waals surface area contributed by atoms with Gasteiger partial charge in [-0.1, -0.05) is 60.7 Å². The summed E-state index contributed by atoms with van der Waals surface area (Å²) in [6.07, 6.45) is 2.39. The second-order valence-corrected chi connectivity index (χ2v) is 8.79. The number of likely N-dealkylation sites (tertiary alicyclic amines) is 1. The summed E-state index contributed by atoms with van der Waals surface area (Å²) in [5, 5.41) is 2.91. The smallest absolute Gasteiger partial charge is 0.408 e. The molecule has 1 saturated heterocycles. The number of hydrogen-bond donors (Lipinski definition) is 1. The van der Waals surface area contributed by atoms with Gasteiger partial charge in [-0.3, -0.25) is 4.79 Å². The van der Waals surface area contributed by atoms with E-state index in [1.54, 1.807) is 31.4 Å². The van der Waals surface area contributed by atoms with E-state index in [1.807, 2.05) is 53.4 Å². The normalized spacial score (nSPS) is 14.7. The molecule has 2 amide bonds. The van der Waals surface area contributed by atoms with Gasteiger partial charge in [-0.25, -0.2) is 4.79 Å². The predicted octanol–water partition coefficient (Wildman–Crippen LogP) is 5.19. The SMILES string of the molecule is COc1ccc(C(=O)N2CCC(OC(=O)NCCCc3ccccc3)(c3ccccc3)CC2)cc1. The standard InChI is InChI=1S/C29H32N2O4/c1-34-26-16-14-24(15-17-26)27(32)31-21-18-29(19-22-31,25-12-6-3-7-13-25)35-28(33)30-20-8-11-23-9-4-2-5-10-23/h2-7,9-10,12-17H,8,11,18-22H2,1H3,(H,30,33). The molecule has 6 heteroatoms. The lowest BCUT2D eigenvalue weighted by Crippen LogP contribution is -2.48. The van der Waals surface area contributed by atoms with Crippen LogP contribution in [0.25, 0.3) is 0 Å². The van der Waals surface area contributed by atoms with Crippen molar-refractivity contribution < 1.29 is 19.1 Å². The highest BCUT2D eigenvalue weighted by Crippen LogP contribution is 2.37. The summed E-state index contributed by atoms with van der Waals surface area (Å²) in [6.45, 7) is 1.54. The first kappa shape index (κ1) is 24.3. The highest BCUT2D eigenvalue weighted by Gasteiger charge is 2.41. The second-order valence-electron chi connectivity index (χ2n) is 8.79. The maximum absolute atomic E-state index is 13.0. The van der Waals surface area contributed by atoms with Gasteiger partial charge in [0, 0.05) is 38.0 Å². The Labute approximate surface area is 206 Å². The van der Waals surface area contributed by atoms with Crippen molar-refractivity contribution in [3.05, 3.63) is 102 Å². The van der Waals surface area contributed by atoms with Crippen LogP contribution >= 0.6 is 0 Å². The van der Waals surface area contributed by atoms with Gasteiger partial charge in [0.05, 0.1) is 7.11 Å². The van der Waals surface area contributed by atoms with Gasteiger partial charge in [0.25, 0.3) is 5.91 Å². The molecule has 3 aromatic carbocycles. The molecule has 0 spiro atoms. The molecule has 4 rings (SSSR count). The highest BCUT2D eigenvalue weighted by molar-refractivity contribution is 5.94. The summed E-state index contributed by atoms with van der Waals surface area (Å²) < 4.78 is 11.3. The minimum atomic E-state index is -0.762. The van der Waals surface area contributed by atoms with Gasteiger partial charge in [-0.15, -0.1) is 0 Å². The number of rotatable bonds is 8. The van der Waals surface area contributed by atoms with Gasteiger partial charge in [0.15, 0.2) is 0 Å². The predicted molar refractivity (Wildman–Crippen MR) is 135 cm³/mol. The largest absolute Gasteiger partial charge is 0.497 e. The number of aryl methyl sites for hydroxylation is 1. The number of hydrogen-bond acceptors (Lipinski definition) is 4. The molecule has 0 radical (unpaired) electrons. The third kappa shape index (κ3) is 6.21. The molecule has 1 fully saturated rings. The molecule has 1 heterocycles. The van der Waals surface area contributed by atoms with Crippen LogP contribution in [0.2, 0.25) is 0 Å². The molecule has 182 valence electrons. The van der Waals surface area contributed by atoms with Crippen molar-refractivity contribution in [1.82, 2.24) is 10.2 Å². The van der Waals surface area contributed by atoms with Gasteiger partial charge >= 0.3 is 6.09 Å². The van der Waals surface area contributed by atoms with E-state index in [0.29, 0.717) is 43.8 Å². The molecule has 0 atom stereocenters. The Hall–Kier alpha value is -3.80. The van der Waals surface area contributed by atoms with E-state index in [9.17, 15) is 9.59 Å². The first-order chi connectivity index (χ1) is 17.1. The zero-order valence-corrected chi connectivity index (χ0v) is 20.1. The Bertz CT molecular complexity index is 1090. The van der Waals surface area contributed by atoms with Crippen LogP contribution < -0.4 is 10.1 Å². The zero-order valence-electron chi connectivity index (χ0n) is 20.1. The molecule has 0 aromatic heterocycles. The maximum Gasteiger partial charge on any atom is 0.408 e. The van der Waals surface area contributed by atoms with Crippen LogP contribution in [-0.2, 0) is 16.8 Å². The van der Waals surface area contributed by atoms with Crippen LogP contribution in [0.5, 0.6) is 5.75 Å². The van der Waals surface area contributed by atoms with Crippen molar-refractivity contribution in [3.8, 4) is 5.75 Å². The fourth-order valence-corrected chi connectivity index (χ4v) is 4.52. The number of ether oxygens (including phenoxy) is 2. The third-order valence-electron chi connectivity index (χ3n) is 6.54. The lowest BCUT2D eigenvalue weighted by Gasteiger charge is -2.41. The van der Waals surface area contributed by atoms with E-state index in [0.717, 1.165) is 18.4 Å². The van der Waals surface area contributed by atoms with Gasteiger partial charge in [-0.2, -0.15) is 0 Å². The lowest BCUT2D eigenvalue weighted by atomic mass is 9.84. The van der Waals surface area contributed by atoms with Crippen molar-refractivity contribution in [3.63, 3.8) is 0 Å². The van der Waals surface area contributed by atoms with E-state index < -0.39 is 11.7 Å². The lowest BCUT2D eigenvalue weighted by molar-refractivity contribution is -0.0356. The number of carbonyl (C=O) groups excluding carboxylic acids is 2. The van der Waals surface area contributed by atoms with Crippen LogP contribution in [0.4, 0.5) is 4.79 Å². The number of benzene rings is 3. The number of piperidine rings is 1. The maximum atomic E-state index is 13.0. The van der Waals surface area contributed by atoms with Crippen LogP contribution in [0, 0.1) is 0 Å². The van der Waals surface area contributed by atoms with Crippen molar-refractivity contribution in [2.45, 2.75) is 31.3 Å². The van der Waals surface area contributed by atoms with Crippen molar-refractivity contribution in [2.75, 3.05) is 26.7 Å². The molecule has 0 saturated carbocycles. The summed E-state index contributed by atoms with van der Waals surface area (Å²) >= 11 is 0. The quantitative estimate of drug-likeness (QED) is 0.459. The van der Waals surface area contributed by atoms with E-state index >= 15 is 0 Å². The summed E-state index contributed by atoms with van der Waals surface area (Å²) in [5.41, 5.74) is 2.06. The number of amides is 2. The van der Waals surface area contributed by atoms with E-state index in [-0.39, 0.29) is 5.91 Å². The number of methoxy groups -OCH3 is 1. The number of nitrogens with zero attached hydrogens (tertiary/aromatic N) is 1. The molecule has 1 aliphatic rings. The van der Waals surface area contributed by atoms with Crippen LogP contribution in [0.1, 0.15) is 40.7 Å². The summed E-state index contributed by atoms with van der Waals surface area (Å²) in [6, 6.07) is 27.2. The summed E-state index contributed by atoms with van der Waals surface area (Å²) in [5.74, 6) is 0.686. The Morgan fingerprint density at radius 2 is 1.51 bits per heavy atom. The van der Waals surface area contributed by atoms with Gasteiger partial charge in [0.1, 0.15) is 11.4 Å². The number of alkyl carbamates (subject to hydrolysis) is 1. The van der Waals surface area contributed by atoms with Gasteiger partial charge in [0.2, 0.25) is 0 Å². The summed E-state index contributed by atoms with van der Waals surface area (Å²) in [7, 11) is 1.60. The Kier molecular flexibility index (Phi) is 8.03. The fraction of sp³-hybridized carbons (Fsp3) is 0.310. The number of carbonyl (C=O) groups is 2. The zero-order chi connectivity index (χ0) is 24.5. The minimum Gasteiger partial charge on any atom is -0.497 e. The molecule has 1 N–H and O–H groups in total. The van der Waals surface area contributed by atoms with Gasteiger partial charge < -0.3 is 19.7 Å². The van der Waals surface area contributed by atoms with Crippen molar-refractivity contribution in [1.29, 1.82) is 0 Å². The molecule has 35 heavy (non-hydrogen) atoms. The molecule has 0 aliphatic carbocycles. The molecule has 0 bridgehead atoms. The third-order valence-corrected chi connectivity index (χ3v) is 6.54. The number of nitrogens with one attached hydrogen (secondary N) is 1. The molecule has 6 nitrogen and oxygen atoms in total. The van der Waals surface area contributed by atoms with Crippen LogP contribution in [0.15, 0.2) is 84.9 Å². The van der Waals surface area contributed by atoms with Crippen molar-refractivity contribution >= 4 is 12.0 Å². The molecule has 0 unspecified atom stereocenters. The Morgan fingerprint density at radius 3 is 2.14 bits per heavy atom. The van der Waals surface area contributed by atoms with E-state index in [4.69, 9.17) is 9.47 Å². The van der Waals surface area contributed by atoms with E-state index in [1.165, 1.54) is 5.56 Å². The molecule has 1 aliphatic heterocycles. The summed E-state index contributed by atoms with van der Waals surface area (Å²) in [4.78, 5) is 27.6. The molecule has 3 aromatic rings. The average Bonchev–Trinajstić information content (AvgIpc) is 2.92. The topological polar surface area (TPSA) is 67.9 Å². The average molecular weight is 473 g/mol. The van der Waals surface area contributed by atoms with Crippen molar-refractivity contribution in [2.24, 2.45) is 0 Å². The first-order valence-electron chi connectivity index (χ1n) is 12.1. The Balaban J connectivity index is 1.36. The molecular formula is C29H32N2O4. The fourth-order valence-electron chi connectivity index (χ4n) is 4.52. The highest BCUT2D eigenvalue weighted by atomic mass is 16.6. The van der Waals surface area contributed by atoms with Crippen LogP contribution in [0.3, 0.4) is 0 Å². The Morgan fingerprint density at radius 1 is 0.886 bits per heavy atom. The van der Waals surface area contributed by atoms with E-state index in [2.05, 4.69) is 17.4 Å². The second kappa shape index (κ2) is 11.6. The van der Waals surface area contributed by atoms with Gasteiger partial charge in [-0.05, 0) is 48.2 Å². The minimum absolute atomic E-state index is 0.0281. The first-order valence-corrected chi connectivity index (χ1v) is 12.1.